The number of carbonyl (C=O) groups excluding carboxylic acids is 2. The molecule has 1 aliphatic carbocycles. The summed E-state index contributed by atoms with van der Waals surface area (Å²) < 4.78 is 5.03. The van der Waals surface area contributed by atoms with Crippen LogP contribution in [0.15, 0.2) is 0 Å². The van der Waals surface area contributed by atoms with E-state index in [-0.39, 0.29) is 24.3 Å². The van der Waals surface area contributed by atoms with Gasteiger partial charge in [0.25, 0.3) is 0 Å². The summed E-state index contributed by atoms with van der Waals surface area (Å²) in [6.07, 6.45) is 5.41. The number of esters is 1. The molecule has 0 aromatic rings. The minimum Gasteiger partial charge on any atom is -0.457 e. The van der Waals surface area contributed by atoms with Gasteiger partial charge < -0.3 is 4.74 Å². The topological polar surface area (TPSA) is 43.4 Å². The average Bonchev–Trinajstić information content (AvgIpc) is 2.25. The molecule has 0 heterocycles. The Morgan fingerprint density at radius 2 is 1.69 bits per heavy atom. The summed E-state index contributed by atoms with van der Waals surface area (Å²) >= 11 is 0. The summed E-state index contributed by atoms with van der Waals surface area (Å²) in [7, 11) is 0. The highest BCUT2D eigenvalue weighted by Crippen LogP contribution is 2.24. The van der Waals surface area contributed by atoms with Crippen LogP contribution in [0.1, 0.15) is 52.9 Å². The Labute approximate surface area is 97.5 Å². The van der Waals surface area contributed by atoms with Gasteiger partial charge in [-0.25, -0.2) is 0 Å². The van der Waals surface area contributed by atoms with Crippen LogP contribution in [0.25, 0.3) is 0 Å². The van der Waals surface area contributed by atoms with Gasteiger partial charge >= 0.3 is 5.97 Å². The number of hydrogen-bond acceptors (Lipinski definition) is 3. The highest BCUT2D eigenvalue weighted by Gasteiger charge is 2.26. The van der Waals surface area contributed by atoms with Gasteiger partial charge in [0, 0.05) is 5.92 Å². The molecular weight excluding hydrogens is 204 g/mol. The second-order valence-electron chi connectivity index (χ2n) is 5.63. The Morgan fingerprint density at radius 3 is 2.19 bits per heavy atom. The van der Waals surface area contributed by atoms with Crippen LogP contribution in [-0.2, 0) is 14.3 Å². The summed E-state index contributed by atoms with van der Waals surface area (Å²) in [6, 6.07) is 0. The number of hydrogen-bond donors (Lipinski definition) is 0. The Morgan fingerprint density at radius 1 is 1.12 bits per heavy atom. The number of ether oxygens (including phenoxy) is 1. The summed E-state index contributed by atoms with van der Waals surface area (Å²) in [6.45, 7) is 5.34. The van der Waals surface area contributed by atoms with Gasteiger partial charge in [-0.05, 0) is 33.6 Å². The third kappa shape index (κ3) is 3.95. The van der Waals surface area contributed by atoms with Crippen molar-refractivity contribution in [1.82, 2.24) is 0 Å². The van der Waals surface area contributed by atoms with Crippen LogP contribution in [0.2, 0.25) is 0 Å². The molecular formula is C13H22O3. The quantitative estimate of drug-likeness (QED) is 0.695. The van der Waals surface area contributed by atoms with Crippen LogP contribution in [0.5, 0.6) is 0 Å². The molecule has 0 N–H and O–H groups in total. The number of carbonyl (C=O) groups is 2. The van der Waals surface area contributed by atoms with E-state index in [2.05, 4.69) is 0 Å². The third-order valence-electron chi connectivity index (χ3n) is 3.02. The average molecular weight is 226 g/mol. The van der Waals surface area contributed by atoms with Crippen molar-refractivity contribution in [2.45, 2.75) is 52.9 Å². The molecule has 3 heteroatoms. The van der Waals surface area contributed by atoms with E-state index >= 15 is 0 Å². The Balaban J connectivity index is 2.32. The molecule has 0 aromatic heterocycles. The standard InChI is InChI=1S/C13H22O3/c1-13(2,3)12(15)16-9-11(14)10-7-5-4-6-8-10/h10H,4-9H2,1-3H3. The molecule has 1 aliphatic rings. The molecule has 0 spiro atoms. The largest absolute Gasteiger partial charge is 0.457 e. The zero-order valence-electron chi connectivity index (χ0n) is 10.5. The lowest BCUT2D eigenvalue weighted by atomic mass is 9.86. The summed E-state index contributed by atoms with van der Waals surface area (Å²) in [5.41, 5.74) is -0.521. The summed E-state index contributed by atoms with van der Waals surface area (Å²) in [4.78, 5) is 23.2. The van der Waals surface area contributed by atoms with Crippen LogP contribution in [0, 0.1) is 11.3 Å². The van der Waals surface area contributed by atoms with Crippen molar-refractivity contribution in [1.29, 1.82) is 0 Å². The number of ketones is 1. The van der Waals surface area contributed by atoms with Crippen molar-refractivity contribution in [2.24, 2.45) is 11.3 Å². The van der Waals surface area contributed by atoms with Gasteiger partial charge in [0.1, 0.15) is 6.61 Å². The first-order valence-corrected chi connectivity index (χ1v) is 6.11. The lowest BCUT2D eigenvalue weighted by Gasteiger charge is -2.21. The maximum Gasteiger partial charge on any atom is 0.311 e. The molecule has 3 nitrogen and oxygen atoms in total. The van der Waals surface area contributed by atoms with Gasteiger partial charge in [0.05, 0.1) is 5.41 Å². The molecule has 0 amide bonds. The molecule has 1 saturated carbocycles. The fourth-order valence-electron chi connectivity index (χ4n) is 1.90. The van der Waals surface area contributed by atoms with E-state index < -0.39 is 5.41 Å². The fraction of sp³-hybridized carbons (Fsp3) is 0.846. The number of Topliss-reactive ketones (excluding diaryl/α,β-unsaturated/α-hetero) is 1. The molecule has 0 saturated heterocycles. The van der Waals surface area contributed by atoms with E-state index in [1.807, 2.05) is 0 Å². The van der Waals surface area contributed by atoms with E-state index in [0.29, 0.717) is 0 Å². The Bertz CT molecular complexity index is 257. The first-order chi connectivity index (χ1) is 7.41. The third-order valence-corrected chi connectivity index (χ3v) is 3.02. The first-order valence-electron chi connectivity index (χ1n) is 6.11. The van der Waals surface area contributed by atoms with Gasteiger partial charge in [0.2, 0.25) is 0 Å². The minimum atomic E-state index is -0.521. The van der Waals surface area contributed by atoms with Gasteiger partial charge in [-0.3, -0.25) is 9.59 Å². The van der Waals surface area contributed by atoms with Crippen LogP contribution >= 0.6 is 0 Å². The molecule has 1 rings (SSSR count). The lowest BCUT2D eigenvalue weighted by Crippen LogP contribution is -2.28. The molecule has 16 heavy (non-hydrogen) atoms. The molecule has 0 atom stereocenters. The normalized spacial score (nSPS) is 18.2. The van der Waals surface area contributed by atoms with Crippen molar-refractivity contribution < 1.29 is 14.3 Å². The summed E-state index contributed by atoms with van der Waals surface area (Å²) in [5, 5.41) is 0. The second-order valence-corrected chi connectivity index (χ2v) is 5.63. The van der Waals surface area contributed by atoms with Crippen LogP contribution in [0.4, 0.5) is 0 Å². The Hall–Kier alpha value is -0.860. The van der Waals surface area contributed by atoms with Crippen LogP contribution < -0.4 is 0 Å². The molecule has 0 aromatic carbocycles. The maximum absolute atomic E-state index is 11.8. The highest BCUT2D eigenvalue weighted by molar-refractivity contribution is 5.85. The summed E-state index contributed by atoms with van der Waals surface area (Å²) in [5.74, 6) is -0.0736. The second kappa shape index (κ2) is 5.46. The van der Waals surface area contributed by atoms with E-state index in [1.165, 1.54) is 6.42 Å². The lowest BCUT2D eigenvalue weighted by molar-refractivity contribution is -0.156. The van der Waals surface area contributed by atoms with Gasteiger partial charge in [0.15, 0.2) is 5.78 Å². The minimum absolute atomic E-state index is 0.0409. The molecule has 0 radical (unpaired) electrons. The van der Waals surface area contributed by atoms with Crippen molar-refractivity contribution in [3.63, 3.8) is 0 Å². The maximum atomic E-state index is 11.8. The fourth-order valence-corrected chi connectivity index (χ4v) is 1.90. The first kappa shape index (κ1) is 13.2. The monoisotopic (exact) mass is 226 g/mol. The van der Waals surface area contributed by atoms with E-state index in [1.54, 1.807) is 20.8 Å². The van der Waals surface area contributed by atoms with E-state index in [9.17, 15) is 9.59 Å². The SMILES string of the molecule is CC(C)(C)C(=O)OCC(=O)C1CCCCC1. The van der Waals surface area contributed by atoms with Gasteiger partial charge in [-0.1, -0.05) is 19.3 Å². The zero-order chi connectivity index (χ0) is 12.2. The zero-order valence-corrected chi connectivity index (χ0v) is 10.5. The molecule has 1 fully saturated rings. The van der Waals surface area contributed by atoms with Gasteiger partial charge in [-0.2, -0.15) is 0 Å². The number of rotatable bonds is 3. The molecule has 92 valence electrons. The molecule has 0 aliphatic heterocycles. The van der Waals surface area contributed by atoms with Gasteiger partial charge in [-0.15, -0.1) is 0 Å². The van der Waals surface area contributed by atoms with Crippen LogP contribution in [-0.4, -0.2) is 18.4 Å². The highest BCUT2D eigenvalue weighted by atomic mass is 16.5. The van der Waals surface area contributed by atoms with Crippen molar-refractivity contribution in [2.75, 3.05) is 6.61 Å². The van der Waals surface area contributed by atoms with Crippen molar-refractivity contribution >= 4 is 11.8 Å². The van der Waals surface area contributed by atoms with E-state index in [4.69, 9.17) is 4.74 Å². The molecule has 0 unspecified atom stereocenters. The predicted octanol–water partition coefficient (Wildman–Crippen LogP) is 2.73. The van der Waals surface area contributed by atoms with Crippen molar-refractivity contribution in [3.8, 4) is 0 Å². The van der Waals surface area contributed by atoms with E-state index in [0.717, 1.165) is 25.7 Å². The smallest absolute Gasteiger partial charge is 0.311 e. The predicted molar refractivity (Wildman–Crippen MR) is 62.0 cm³/mol. The van der Waals surface area contributed by atoms with Crippen LogP contribution in [0.3, 0.4) is 0 Å². The van der Waals surface area contributed by atoms with Crippen molar-refractivity contribution in [3.05, 3.63) is 0 Å². The Kier molecular flexibility index (Phi) is 4.51. The molecule has 0 bridgehead atoms.